The van der Waals surface area contributed by atoms with Crippen LogP contribution in [0.2, 0.25) is 0 Å². The van der Waals surface area contributed by atoms with Crippen LogP contribution >= 0.6 is 0 Å². The molecule has 0 spiro atoms. The van der Waals surface area contributed by atoms with E-state index in [-0.39, 0.29) is 12.3 Å². The second-order valence-corrected chi connectivity index (χ2v) is 2.03. The minimum absolute atomic E-state index is 0.242. The maximum absolute atomic E-state index is 10.5. The van der Waals surface area contributed by atoms with Gasteiger partial charge in [0.05, 0.1) is 7.11 Å². The lowest BCUT2D eigenvalue weighted by atomic mass is 10.4. The first-order valence-electron chi connectivity index (χ1n) is 3.43. The molecule has 5 nitrogen and oxygen atoms in total. The number of amides is 1. The molecule has 0 heterocycles. The highest BCUT2D eigenvalue weighted by Crippen LogP contribution is 1.76. The first-order chi connectivity index (χ1) is 5.66. The smallest absolute Gasteiger partial charge is 0.331 e. The SMILES string of the molecule is COC(=O)/C=C/NCCC(N)=O. The Balaban J connectivity index is 3.36. The summed E-state index contributed by atoms with van der Waals surface area (Å²) in [4.78, 5) is 20.7. The molecule has 12 heavy (non-hydrogen) atoms. The van der Waals surface area contributed by atoms with Gasteiger partial charge in [-0.1, -0.05) is 0 Å². The summed E-state index contributed by atoms with van der Waals surface area (Å²) in [6.45, 7) is 0.419. The average Bonchev–Trinajstić information content (AvgIpc) is 2.03. The van der Waals surface area contributed by atoms with Crippen LogP contribution in [0.15, 0.2) is 12.3 Å². The summed E-state index contributed by atoms with van der Waals surface area (Å²) in [6.07, 6.45) is 2.88. The second-order valence-electron chi connectivity index (χ2n) is 2.03. The van der Waals surface area contributed by atoms with Crippen LogP contribution in [0.5, 0.6) is 0 Å². The third-order valence-corrected chi connectivity index (χ3v) is 1.05. The normalized spacial score (nSPS) is 9.75. The summed E-state index contributed by atoms with van der Waals surface area (Å²) >= 11 is 0. The molecule has 0 rings (SSSR count). The van der Waals surface area contributed by atoms with Crippen molar-refractivity contribution in [1.82, 2.24) is 5.32 Å². The van der Waals surface area contributed by atoms with E-state index in [1.807, 2.05) is 0 Å². The Kier molecular flexibility index (Phi) is 5.42. The Labute approximate surface area is 70.6 Å². The molecule has 0 saturated heterocycles. The topological polar surface area (TPSA) is 81.4 Å². The second kappa shape index (κ2) is 6.21. The van der Waals surface area contributed by atoms with Gasteiger partial charge in [0.25, 0.3) is 0 Å². The predicted octanol–water partition coefficient (Wildman–Crippen LogP) is -0.862. The molecule has 68 valence electrons. The third kappa shape index (κ3) is 6.60. The molecule has 0 radical (unpaired) electrons. The number of ether oxygens (including phenoxy) is 1. The predicted molar refractivity (Wildman–Crippen MR) is 43.0 cm³/mol. The van der Waals surface area contributed by atoms with Crippen LogP contribution in [0.25, 0.3) is 0 Å². The van der Waals surface area contributed by atoms with Crippen LogP contribution < -0.4 is 11.1 Å². The van der Waals surface area contributed by atoms with E-state index in [1.54, 1.807) is 0 Å². The number of primary amides is 1. The van der Waals surface area contributed by atoms with Gasteiger partial charge in [-0.05, 0) is 0 Å². The van der Waals surface area contributed by atoms with Crippen molar-refractivity contribution >= 4 is 11.9 Å². The van der Waals surface area contributed by atoms with Gasteiger partial charge in [0.15, 0.2) is 0 Å². The summed E-state index contributed by atoms with van der Waals surface area (Å²) in [5.74, 6) is -0.824. The Morgan fingerprint density at radius 1 is 1.58 bits per heavy atom. The minimum atomic E-state index is -0.443. The molecule has 0 aromatic carbocycles. The number of nitrogens with one attached hydrogen (secondary N) is 1. The van der Waals surface area contributed by atoms with Gasteiger partial charge < -0.3 is 15.8 Å². The molecule has 0 aliphatic rings. The molecule has 0 atom stereocenters. The zero-order chi connectivity index (χ0) is 9.40. The van der Waals surface area contributed by atoms with Crippen LogP contribution in [0.3, 0.4) is 0 Å². The summed E-state index contributed by atoms with van der Waals surface area (Å²) in [5, 5.41) is 2.70. The van der Waals surface area contributed by atoms with Crippen LogP contribution in [-0.2, 0) is 14.3 Å². The number of esters is 1. The largest absolute Gasteiger partial charge is 0.466 e. The van der Waals surface area contributed by atoms with Gasteiger partial charge in [0.1, 0.15) is 0 Å². The van der Waals surface area contributed by atoms with E-state index < -0.39 is 5.97 Å². The number of rotatable bonds is 5. The molecule has 0 aromatic rings. The van der Waals surface area contributed by atoms with Gasteiger partial charge in [-0.15, -0.1) is 0 Å². The van der Waals surface area contributed by atoms with Gasteiger partial charge in [-0.2, -0.15) is 0 Å². The van der Waals surface area contributed by atoms with Crippen molar-refractivity contribution in [3.8, 4) is 0 Å². The fourth-order valence-corrected chi connectivity index (χ4v) is 0.474. The van der Waals surface area contributed by atoms with Crippen LogP contribution in [0, 0.1) is 0 Å². The molecule has 0 unspecified atom stereocenters. The molecule has 0 aliphatic heterocycles. The fourth-order valence-electron chi connectivity index (χ4n) is 0.474. The van der Waals surface area contributed by atoms with Crippen LogP contribution in [0.4, 0.5) is 0 Å². The molecule has 5 heteroatoms. The van der Waals surface area contributed by atoms with Gasteiger partial charge in [-0.3, -0.25) is 4.79 Å². The number of nitrogens with two attached hydrogens (primary N) is 1. The van der Waals surface area contributed by atoms with Crippen molar-refractivity contribution < 1.29 is 14.3 Å². The molecule has 0 aromatic heterocycles. The van der Waals surface area contributed by atoms with Crippen molar-refractivity contribution in [2.45, 2.75) is 6.42 Å². The lowest BCUT2D eigenvalue weighted by Gasteiger charge is -1.95. The van der Waals surface area contributed by atoms with E-state index >= 15 is 0 Å². The highest BCUT2D eigenvalue weighted by atomic mass is 16.5. The molecular weight excluding hydrogens is 160 g/mol. The monoisotopic (exact) mass is 172 g/mol. The van der Waals surface area contributed by atoms with Crippen molar-refractivity contribution in [1.29, 1.82) is 0 Å². The van der Waals surface area contributed by atoms with E-state index in [9.17, 15) is 9.59 Å². The van der Waals surface area contributed by atoms with Crippen molar-refractivity contribution in [3.05, 3.63) is 12.3 Å². The Morgan fingerprint density at radius 2 is 2.25 bits per heavy atom. The highest BCUT2D eigenvalue weighted by molar-refractivity contribution is 5.81. The number of hydrogen-bond donors (Lipinski definition) is 2. The van der Waals surface area contributed by atoms with E-state index in [0.29, 0.717) is 6.54 Å². The zero-order valence-electron chi connectivity index (χ0n) is 6.87. The maximum atomic E-state index is 10.5. The zero-order valence-corrected chi connectivity index (χ0v) is 6.87. The summed E-state index contributed by atoms with van der Waals surface area (Å²) in [7, 11) is 1.29. The molecule has 0 bridgehead atoms. The molecule has 0 saturated carbocycles. The highest BCUT2D eigenvalue weighted by Gasteiger charge is 1.91. The Bertz CT molecular complexity index is 189. The summed E-state index contributed by atoms with van der Waals surface area (Å²) < 4.78 is 4.32. The fraction of sp³-hybridized carbons (Fsp3) is 0.429. The molecule has 3 N–H and O–H groups in total. The third-order valence-electron chi connectivity index (χ3n) is 1.05. The molecule has 0 aliphatic carbocycles. The van der Waals surface area contributed by atoms with Crippen LogP contribution in [0.1, 0.15) is 6.42 Å². The van der Waals surface area contributed by atoms with Gasteiger partial charge in [-0.25, -0.2) is 4.79 Å². The van der Waals surface area contributed by atoms with Crippen molar-refractivity contribution in [3.63, 3.8) is 0 Å². The first-order valence-corrected chi connectivity index (χ1v) is 3.43. The molecule has 0 fully saturated rings. The van der Waals surface area contributed by atoms with Gasteiger partial charge in [0, 0.05) is 25.2 Å². The number of carbonyl (C=O) groups is 2. The van der Waals surface area contributed by atoms with Gasteiger partial charge >= 0.3 is 5.97 Å². The van der Waals surface area contributed by atoms with E-state index in [0.717, 1.165) is 0 Å². The Hall–Kier alpha value is -1.52. The lowest BCUT2D eigenvalue weighted by molar-refractivity contribution is -0.134. The van der Waals surface area contributed by atoms with E-state index in [1.165, 1.54) is 19.4 Å². The standard InChI is InChI=1S/C7H12N2O3/c1-12-7(11)3-5-9-4-2-6(8)10/h3,5,9H,2,4H2,1H3,(H2,8,10)/b5-3+. The van der Waals surface area contributed by atoms with Gasteiger partial charge in [0.2, 0.25) is 5.91 Å². The molecular formula is C7H12N2O3. The number of hydrogen-bond acceptors (Lipinski definition) is 4. The van der Waals surface area contributed by atoms with Crippen LogP contribution in [-0.4, -0.2) is 25.5 Å². The lowest BCUT2D eigenvalue weighted by Crippen LogP contribution is -2.18. The van der Waals surface area contributed by atoms with E-state index in [2.05, 4.69) is 10.1 Å². The number of carbonyl (C=O) groups excluding carboxylic acids is 2. The summed E-state index contributed by atoms with van der Waals surface area (Å²) in [6, 6.07) is 0. The maximum Gasteiger partial charge on any atom is 0.331 e. The first kappa shape index (κ1) is 10.5. The van der Waals surface area contributed by atoms with Crippen molar-refractivity contribution in [2.24, 2.45) is 5.73 Å². The quantitative estimate of drug-likeness (QED) is 0.321. The average molecular weight is 172 g/mol. The Morgan fingerprint density at radius 3 is 2.75 bits per heavy atom. The summed E-state index contributed by atoms with van der Waals surface area (Å²) in [5.41, 5.74) is 4.87. The van der Waals surface area contributed by atoms with Crippen molar-refractivity contribution in [2.75, 3.05) is 13.7 Å². The number of methoxy groups -OCH3 is 1. The van der Waals surface area contributed by atoms with E-state index in [4.69, 9.17) is 5.73 Å². The minimum Gasteiger partial charge on any atom is -0.466 e. The molecule has 1 amide bonds.